The van der Waals surface area contributed by atoms with E-state index >= 15 is 0 Å². The van der Waals surface area contributed by atoms with Crippen LogP contribution in [0.2, 0.25) is 0 Å². The molecular weight excluding hydrogens is 206 g/mol. The molecule has 0 unspecified atom stereocenters. The van der Waals surface area contributed by atoms with Gasteiger partial charge in [-0.2, -0.15) is 0 Å². The van der Waals surface area contributed by atoms with Crippen LogP contribution in [0.1, 0.15) is 33.6 Å². The molecule has 2 amide bonds. The minimum absolute atomic E-state index is 0.00741. The van der Waals surface area contributed by atoms with Gasteiger partial charge in [-0.05, 0) is 27.2 Å². The summed E-state index contributed by atoms with van der Waals surface area (Å²) in [6.45, 7) is 6.02. The Morgan fingerprint density at radius 3 is 2.69 bits per heavy atom. The number of nitrogens with zero attached hydrogens (tertiary/aromatic N) is 1. The molecule has 0 saturated carbocycles. The third-order valence-electron chi connectivity index (χ3n) is 2.76. The maximum absolute atomic E-state index is 11.8. The molecule has 1 rings (SSSR count). The van der Waals surface area contributed by atoms with Crippen molar-refractivity contribution in [1.29, 1.82) is 0 Å². The molecule has 0 aromatic carbocycles. The van der Waals surface area contributed by atoms with Crippen LogP contribution >= 0.6 is 0 Å². The predicted octanol–water partition coefficient (Wildman–Crippen LogP) is -0.151. The molecule has 0 spiro atoms. The second-order valence-corrected chi connectivity index (χ2v) is 4.68. The Balaban J connectivity index is 2.60. The van der Waals surface area contributed by atoms with E-state index in [4.69, 9.17) is 5.73 Å². The highest BCUT2D eigenvalue weighted by molar-refractivity contribution is 5.87. The van der Waals surface area contributed by atoms with E-state index in [0.717, 1.165) is 0 Å². The quantitative estimate of drug-likeness (QED) is 0.704. The average molecular weight is 227 g/mol. The Kier molecular flexibility index (Phi) is 4.29. The second kappa shape index (κ2) is 5.30. The van der Waals surface area contributed by atoms with Gasteiger partial charge >= 0.3 is 0 Å². The molecule has 5 nitrogen and oxygen atoms in total. The van der Waals surface area contributed by atoms with Gasteiger partial charge in [-0.25, -0.2) is 0 Å². The highest BCUT2D eigenvalue weighted by Gasteiger charge is 2.30. The third kappa shape index (κ3) is 3.20. The summed E-state index contributed by atoms with van der Waals surface area (Å²) in [5, 5.41) is 2.80. The highest BCUT2D eigenvalue weighted by atomic mass is 16.2. The lowest BCUT2D eigenvalue weighted by Gasteiger charge is -2.34. The van der Waals surface area contributed by atoms with E-state index in [-0.39, 0.29) is 23.9 Å². The molecule has 0 aromatic rings. The smallest absolute Gasteiger partial charge is 0.242 e. The lowest BCUT2D eigenvalue weighted by atomic mass is 10.0. The van der Waals surface area contributed by atoms with Gasteiger partial charge in [0.05, 0.1) is 0 Å². The van der Waals surface area contributed by atoms with E-state index in [1.54, 1.807) is 11.8 Å². The zero-order valence-electron chi connectivity index (χ0n) is 10.2. The summed E-state index contributed by atoms with van der Waals surface area (Å²) >= 11 is 0. The molecule has 1 aliphatic heterocycles. The van der Waals surface area contributed by atoms with E-state index < -0.39 is 6.04 Å². The number of carbonyl (C=O) groups excluding carboxylic acids is 2. The first-order valence-electron chi connectivity index (χ1n) is 5.77. The zero-order valence-corrected chi connectivity index (χ0v) is 10.2. The van der Waals surface area contributed by atoms with Crippen LogP contribution in [-0.4, -0.2) is 41.4 Å². The van der Waals surface area contributed by atoms with Crippen molar-refractivity contribution in [2.45, 2.75) is 51.7 Å². The summed E-state index contributed by atoms with van der Waals surface area (Å²) in [6, 6.07) is -0.350. The zero-order chi connectivity index (χ0) is 12.3. The first kappa shape index (κ1) is 13.0. The molecule has 16 heavy (non-hydrogen) atoms. The third-order valence-corrected chi connectivity index (χ3v) is 2.76. The maximum atomic E-state index is 11.8. The van der Waals surface area contributed by atoms with Crippen LogP contribution in [0.5, 0.6) is 0 Å². The number of hydrogen-bond donors (Lipinski definition) is 2. The number of hydrogen-bond acceptors (Lipinski definition) is 3. The van der Waals surface area contributed by atoms with Gasteiger partial charge in [-0.3, -0.25) is 9.59 Å². The Hall–Kier alpha value is -1.10. The van der Waals surface area contributed by atoms with Gasteiger partial charge in [0.1, 0.15) is 6.04 Å². The molecule has 1 saturated heterocycles. The number of rotatable bonds is 3. The normalized spacial score (nSPS) is 23.4. The van der Waals surface area contributed by atoms with Gasteiger partial charge in [0, 0.05) is 25.0 Å². The van der Waals surface area contributed by atoms with E-state index in [1.165, 1.54) is 0 Å². The Bertz CT molecular complexity index is 278. The van der Waals surface area contributed by atoms with Crippen molar-refractivity contribution in [3.05, 3.63) is 0 Å². The van der Waals surface area contributed by atoms with Crippen molar-refractivity contribution in [3.8, 4) is 0 Å². The van der Waals surface area contributed by atoms with Crippen LogP contribution < -0.4 is 11.1 Å². The van der Waals surface area contributed by atoms with Crippen LogP contribution in [0.3, 0.4) is 0 Å². The maximum Gasteiger partial charge on any atom is 0.242 e. The van der Waals surface area contributed by atoms with Crippen molar-refractivity contribution < 1.29 is 9.59 Å². The summed E-state index contributed by atoms with van der Waals surface area (Å²) in [6.07, 6.45) is 1.16. The van der Waals surface area contributed by atoms with Crippen molar-refractivity contribution in [1.82, 2.24) is 10.2 Å². The molecular formula is C11H21N3O2. The van der Waals surface area contributed by atoms with Gasteiger partial charge in [-0.1, -0.05) is 0 Å². The Morgan fingerprint density at radius 1 is 1.50 bits per heavy atom. The number of amides is 2. The van der Waals surface area contributed by atoms with E-state index in [2.05, 4.69) is 5.32 Å². The van der Waals surface area contributed by atoms with Crippen LogP contribution in [0, 0.1) is 0 Å². The number of nitrogens with one attached hydrogen (secondary N) is 1. The van der Waals surface area contributed by atoms with E-state index in [9.17, 15) is 9.59 Å². The molecule has 0 aliphatic carbocycles. The summed E-state index contributed by atoms with van der Waals surface area (Å²) in [5.41, 5.74) is 5.80. The van der Waals surface area contributed by atoms with Crippen LogP contribution in [0.15, 0.2) is 0 Å². The van der Waals surface area contributed by atoms with Crippen LogP contribution in [0.25, 0.3) is 0 Å². The summed E-state index contributed by atoms with van der Waals surface area (Å²) < 4.78 is 0. The number of likely N-dealkylation sites (tertiary alicyclic amines) is 1. The monoisotopic (exact) mass is 227 g/mol. The Morgan fingerprint density at radius 2 is 2.12 bits per heavy atom. The lowest BCUT2D eigenvalue weighted by molar-refractivity contribution is -0.142. The van der Waals surface area contributed by atoms with Crippen molar-refractivity contribution >= 4 is 11.8 Å². The van der Waals surface area contributed by atoms with E-state index in [0.29, 0.717) is 19.4 Å². The lowest BCUT2D eigenvalue weighted by Crippen LogP contribution is -2.55. The fraction of sp³-hybridized carbons (Fsp3) is 0.818. The molecule has 1 fully saturated rings. The Labute approximate surface area is 96.4 Å². The van der Waals surface area contributed by atoms with Crippen molar-refractivity contribution in [3.63, 3.8) is 0 Å². The minimum Gasteiger partial charge on any atom is -0.352 e. The largest absolute Gasteiger partial charge is 0.352 e. The molecule has 0 radical (unpaired) electrons. The molecule has 3 N–H and O–H groups in total. The molecule has 1 aliphatic rings. The number of piperidine rings is 1. The summed E-state index contributed by atoms with van der Waals surface area (Å²) in [4.78, 5) is 25.0. The SMILES string of the molecule is CC(C)NC(=O)[C@H](C)N1C[C@H](N)CCC1=O. The van der Waals surface area contributed by atoms with Gasteiger partial charge < -0.3 is 16.0 Å². The first-order chi connectivity index (χ1) is 7.41. The van der Waals surface area contributed by atoms with Crippen molar-refractivity contribution in [2.75, 3.05) is 6.54 Å². The molecule has 92 valence electrons. The number of nitrogens with two attached hydrogens (primary N) is 1. The predicted molar refractivity (Wildman–Crippen MR) is 61.7 cm³/mol. The fourth-order valence-corrected chi connectivity index (χ4v) is 1.82. The van der Waals surface area contributed by atoms with E-state index in [1.807, 2.05) is 13.8 Å². The van der Waals surface area contributed by atoms with Crippen molar-refractivity contribution in [2.24, 2.45) is 5.73 Å². The van der Waals surface area contributed by atoms with Crippen LogP contribution in [-0.2, 0) is 9.59 Å². The minimum atomic E-state index is -0.429. The van der Waals surface area contributed by atoms with Gasteiger partial charge in [-0.15, -0.1) is 0 Å². The molecule has 5 heteroatoms. The van der Waals surface area contributed by atoms with Gasteiger partial charge in [0.15, 0.2) is 0 Å². The van der Waals surface area contributed by atoms with Crippen LogP contribution in [0.4, 0.5) is 0 Å². The summed E-state index contributed by atoms with van der Waals surface area (Å²) in [7, 11) is 0. The fourth-order valence-electron chi connectivity index (χ4n) is 1.82. The second-order valence-electron chi connectivity index (χ2n) is 4.68. The van der Waals surface area contributed by atoms with Gasteiger partial charge in [0.25, 0.3) is 0 Å². The first-order valence-corrected chi connectivity index (χ1v) is 5.77. The standard InChI is InChI=1S/C11H21N3O2/c1-7(2)13-11(16)8(3)14-6-9(12)4-5-10(14)15/h7-9H,4-6,12H2,1-3H3,(H,13,16)/t8-,9+/m0/s1. The highest BCUT2D eigenvalue weighted by Crippen LogP contribution is 2.13. The van der Waals surface area contributed by atoms with Gasteiger partial charge in [0.2, 0.25) is 11.8 Å². The molecule has 0 aromatic heterocycles. The topological polar surface area (TPSA) is 75.4 Å². The summed E-state index contributed by atoms with van der Waals surface area (Å²) in [5.74, 6) is -0.0921. The molecule has 2 atom stereocenters. The molecule has 0 bridgehead atoms. The average Bonchev–Trinajstić information content (AvgIpc) is 2.19. The number of carbonyl (C=O) groups is 2. The molecule has 1 heterocycles.